The minimum atomic E-state index is -0.588. The molecular formula is C18H16N2O4. The van der Waals surface area contributed by atoms with Crippen LogP contribution in [-0.4, -0.2) is 43.5 Å². The number of hydrogen-bond acceptors (Lipinski definition) is 5. The zero-order valence-electron chi connectivity index (χ0n) is 13.4. The summed E-state index contributed by atoms with van der Waals surface area (Å²) in [6.07, 6.45) is 0. The third kappa shape index (κ3) is 2.74. The molecule has 0 unspecified atom stereocenters. The zero-order valence-corrected chi connectivity index (χ0v) is 13.4. The molecule has 6 heteroatoms. The number of nitrogens with zero attached hydrogens (tertiary/aromatic N) is 2. The third-order valence-corrected chi connectivity index (χ3v) is 3.80. The largest absolute Gasteiger partial charge is 0.440 e. The average molecular weight is 324 g/mol. The molecule has 0 fully saturated rings. The van der Waals surface area contributed by atoms with Gasteiger partial charge in [-0.25, -0.2) is 9.69 Å². The molecule has 2 aromatic carbocycles. The number of fused-ring (bicyclic) bond motifs is 1. The molecule has 0 aliphatic carbocycles. The van der Waals surface area contributed by atoms with Crippen molar-refractivity contribution in [2.45, 2.75) is 0 Å². The van der Waals surface area contributed by atoms with E-state index in [9.17, 15) is 14.4 Å². The molecule has 6 nitrogen and oxygen atoms in total. The van der Waals surface area contributed by atoms with Gasteiger partial charge in [-0.2, -0.15) is 0 Å². The highest BCUT2D eigenvalue weighted by Gasteiger charge is 2.35. The SMILES string of the molecule is CN(C)c1cccc(C(=O)OCN2C(=O)c3ccccc3C2=O)c1. The highest BCUT2D eigenvalue weighted by atomic mass is 16.5. The molecule has 2 amide bonds. The lowest BCUT2D eigenvalue weighted by Crippen LogP contribution is -2.33. The Morgan fingerprint density at radius 1 is 1.00 bits per heavy atom. The van der Waals surface area contributed by atoms with E-state index >= 15 is 0 Å². The summed E-state index contributed by atoms with van der Waals surface area (Å²) in [6, 6.07) is 13.5. The van der Waals surface area contributed by atoms with Gasteiger partial charge in [-0.1, -0.05) is 18.2 Å². The van der Waals surface area contributed by atoms with Gasteiger partial charge in [0.05, 0.1) is 16.7 Å². The molecule has 122 valence electrons. The van der Waals surface area contributed by atoms with Gasteiger partial charge >= 0.3 is 5.97 Å². The van der Waals surface area contributed by atoms with Crippen molar-refractivity contribution < 1.29 is 19.1 Å². The summed E-state index contributed by atoms with van der Waals surface area (Å²) < 4.78 is 5.15. The van der Waals surface area contributed by atoms with Crippen molar-refractivity contribution in [2.24, 2.45) is 0 Å². The van der Waals surface area contributed by atoms with Gasteiger partial charge in [0.25, 0.3) is 11.8 Å². The second kappa shape index (κ2) is 6.16. The number of esters is 1. The topological polar surface area (TPSA) is 66.9 Å². The van der Waals surface area contributed by atoms with Gasteiger partial charge in [0, 0.05) is 19.8 Å². The van der Waals surface area contributed by atoms with Crippen molar-refractivity contribution >= 4 is 23.5 Å². The Morgan fingerprint density at radius 3 is 2.21 bits per heavy atom. The lowest BCUT2D eigenvalue weighted by atomic mass is 10.1. The quantitative estimate of drug-likeness (QED) is 0.637. The van der Waals surface area contributed by atoms with Gasteiger partial charge in [0.15, 0.2) is 6.73 Å². The van der Waals surface area contributed by atoms with Crippen molar-refractivity contribution in [1.29, 1.82) is 0 Å². The van der Waals surface area contributed by atoms with Crippen molar-refractivity contribution in [1.82, 2.24) is 4.90 Å². The Bertz CT molecular complexity index is 794. The monoisotopic (exact) mass is 324 g/mol. The molecule has 2 aromatic rings. The highest BCUT2D eigenvalue weighted by molar-refractivity contribution is 6.21. The maximum atomic E-state index is 12.2. The van der Waals surface area contributed by atoms with Crippen LogP contribution in [0.4, 0.5) is 5.69 Å². The second-order valence-electron chi connectivity index (χ2n) is 5.59. The normalized spacial score (nSPS) is 13.0. The van der Waals surface area contributed by atoms with E-state index in [1.54, 1.807) is 42.5 Å². The van der Waals surface area contributed by atoms with E-state index in [1.165, 1.54) is 0 Å². The van der Waals surface area contributed by atoms with E-state index in [1.807, 2.05) is 25.1 Å². The molecule has 1 aliphatic heterocycles. The van der Waals surface area contributed by atoms with Crippen LogP contribution >= 0.6 is 0 Å². The van der Waals surface area contributed by atoms with Crippen molar-refractivity contribution in [3.05, 3.63) is 65.2 Å². The lowest BCUT2D eigenvalue weighted by molar-refractivity contribution is 0.0228. The Balaban J connectivity index is 1.71. The summed E-state index contributed by atoms with van der Waals surface area (Å²) in [7, 11) is 3.73. The fourth-order valence-electron chi connectivity index (χ4n) is 2.47. The van der Waals surface area contributed by atoms with E-state index < -0.39 is 24.5 Å². The molecule has 0 N–H and O–H groups in total. The van der Waals surface area contributed by atoms with Gasteiger partial charge < -0.3 is 9.64 Å². The Labute approximate surface area is 139 Å². The molecule has 0 aromatic heterocycles. The maximum Gasteiger partial charge on any atom is 0.339 e. The first-order valence-electron chi connectivity index (χ1n) is 7.39. The fraction of sp³-hybridized carbons (Fsp3) is 0.167. The Hall–Kier alpha value is -3.15. The van der Waals surface area contributed by atoms with Crippen LogP contribution in [0.3, 0.4) is 0 Å². The lowest BCUT2D eigenvalue weighted by Gasteiger charge is -2.15. The number of anilines is 1. The van der Waals surface area contributed by atoms with Crippen LogP contribution in [0, 0.1) is 0 Å². The van der Waals surface area contributed by atoms with Crippen LogP contribution in [0.15, 0.2) is 48.5 Å². The predicted octanol–water partition coefficient (Wildman–Crippen LogP) is 2.16. The Kier molecular flexibility index (Phi) is 4.04. The fourth-order valence-corrected chi connectivity index (χ4v) is 2.47. The van der Waals surface area contributed by atoms with Crippen LogP contribution in [-0.2, 0) is 4.74 Å². The van der Waals surface area contributed by atoms with Crippen LogP contribution in [0.1, 0.15) is 31.1 Å². The first kappa shape index (κ1) is 15.7. The number of amides is 2. The number of imide groups is 1. The van der Waals surface area contributed by atoms with Gasteiger partial charge in [-0.3, -0.25) is 9.59 Å². The molecule has 0 saturated carbocycles. The number of rotatable bonds is 4. The molecule has 0 bridgehead atoms. The predicted molar refractivity (Wildman–Crippen MR) is 88.0 cm³/mol. The number of carbonyl (C=O) groups excluding carboxylic acids is 3. The highest BCUT2D eigenvalue weighted by Crippen LogP contribution is 2.22. The minimum absolute atomic E-state index is 0.327. The summed E-state index contributed by atoms with van der Waals surface area (Å²) in [5.41, 5.74) is 1.87. The maximum absolute atomic E-state index is 12.2. The molecular weight excluding hydrogens is 308 g/mol. The standard InChI is InChI=1S/C18H16N2O4/c1-19(2)13-7-5-6-12(10-13)18(23)24-11-20-16(21)14-8-3-4-9-15(14)17(20)22/h3-10H,11H2,1-2H3. The first-order valence-corrected chi connectivity index (χ1v) is 7.39. The number of ether oxygens (including phenoxy) is 1. The van der Waals surface area contributed by atoms with E-state index in [4.69, 9.17) is 4.74 Å². The second-order valence-corrected chi connectivity index (χ2v) is 5.59. The molecule has 1 heterocycles. The average Bonchev–Trinajstić information content (AvgIpc) is 2.84. The first-order chi connectivity index (χ1) is 11.5. The van der Waals surface area contributed by atoms with E-state index in [2.05, 4.69) is 0 Å². The van der Waals surface area contributed by atoms with Crippen LogP contribution in [0.2, 0.25) is 0 Å². The summed E-state index contributed by atoms with van der Waals surface area (Å²) in [5, 5.41) is 0. The Morgan fingerprint density at radius 2 is 1.62 bits per heavy atom. The molecule has 0 saturated heterocycles. The number of carbonyl (C=O) groups is 3. The summed E-state index contributed by atoms with van der Waals surface area (Å²) >= 11 is 0. The van der Waals surface area contributed by atoms with Crippen LogP contribution in [0.25, 0.3) is 0 Å². The van der Waals surface area contributed by atoms with Gasteiger partial charge in [0.2, 0.25) is 0 Å². The van der Waals surface area contributed by atoms with Crippen molar-refractivity contribution in [3.63, 3.8) is 0 Å². The van der Waals surface area contributed by atoms with E-state index in [-0.39, 0.29) is 0 Å². The molecule has 0 spiro atoms. The van der Waals surface area contributed by atoms with Gasteiger partial charge in [-0.15, -0.1) is 0 Å². The molecule has 0 radical (unpaired) electrons. The van der Waals surface area contributed by atoms with Crippen molar-refractivity contribution in [3.8, 4) is 0 Å². The third-order valence-electron chi connectivity index (χ3n) is 3.80. The molecule has 1 aliphatic rings. The summed E-state index contributed by atoms with van der Waals surface area (Å²) in [6.45, 7) is -0.405. The summed E-state index contributed by atoms with van der Waals surface area (Å²) in [5.74, 6) is -1.49. The molecule has 0 atom stereocenters. The number of hydrogen-bond donors (Lipinski definition) is 0. The smallest absolute Gasteiger partial charge is 0.339 e. The number of benzene rings is 2. The van der Waals surface area contributed by atoms with Crippen molar-refractivity contribution in [2.75, 3.05) is 25.7 Å². The summed E-state index contributed by atoms with van der Waals surface area (Å²) in [4.78, 5) is 39.4. The van der Waals surface area contributed by atoms with Crippen LogP contribution in [0.5, 0.6) is 0 Å². The van der Waals surface area contributed by atoms with Gasteiger partial charge in [-0.05, 0) is 30.3 Å². The van der Waals surface area contributed by atoms with E-state index in [0.717, 1.165) is 10.6 Å². The minimum Gasteiger partial charge on any atom is -0.440 e. The molecule has 24 heavy (non-hydrogen) atoms. The molecule has 3 rings (SSSR count). The van der Waals surface area contributed by atoms with E-state index in [0.29, 0.717) is 16.7 Å². The zero-order chi connectivity index (χ0) is 17.3. The van der Waals surface area contributed by atoms with Gasteiger partial charge in [0.1, 0.15) is 0 Å². The van der Waals surface area contributed by atoms with Crippen LogP contribution < -0.4 is 4.90 Å².